The minimum atomic E-state index is -0.711. The van der Waals surface area contributed by atoms with Crippen LogP contribution in [0.2, 0.25) is 5.02 Å². The van der Waals surface area contributed by atoms with Crippen molar-refractivity contribution < 1.29 is 9.18 Å². The molecule has 0 radical (unpaired) electrons. The minimum Gasteiger partial charge on any atom is -0.347 e. The third-order valence-corrected chi connectivity index (χ3v) is 2.21. The Bertz CT molecular complexity index is 408. The van der Waals surface area contributed by atoms with Gasteiger partial charge >= 0.3 is 0 Å². The molecule has 15 heavy (non-hydrogen) atoms. The Morgan fingerprint density at radius 2 is 2.27 bits per heavy atom. The van der Waals surface area contributed by atoms with Crippen molar-refractivity contribution in [3.63, 3.8) is 0 Å². The Balaban J connectivity index is 2.82. The molecule has 0 fully saturated rings. The van der Waals surface area contributed by atoms with E-state index in [1.165, 1.54) is 18.2 Å². The summed E-state index contributed by atoms with van der Waals surface area (Å²) in [6.07, 6.45) is 0. The number of carbonyl (C=O) groups excluding carboxylic acids is 1. The maximum Gasteiger partial charge on any atom is 0.254 e. The highest BCUT2D eigenvalue weighted by Gasteiger charge is 2.13. The summed E-state index contributed by atoms with van der Waals surface area (Å²) in [5, 5.41) is 2.41. The molecule has 1 amide bonds. The molecule has 5 heteroatoms. The Morgan fingerprint density at radius 3 is 2.87 bits per heavy atom. The van der Waals surface area contributed by atoms with Gasteiger partial charge in [0.15, 0.2) is 5.82 Å². The number of rotatable bonds is 3. The van der Waals surface area contributed by atoms with Crippen molar-refractivity contribution in [2.75, 3.05) is 6.54 Å². The Kier molecular flexibility index (Phi) is 4.29. The van der Waals surface area contributed by atoms with Crippen LogP contribution < -0.4 is 5.32 Å². The molecule has 0 bridgehead atoms. The lowest BCUT2D eigenvalue weighted by Gasteiger charge is -2.05. The van der Waals surface area contributed by atoms with Gasteiger partial charge in [-0.05, 0) is 12.1 Å². The van der Waals surface area contributed by atoms with Gasteiger partial charge in [-0.15, -0.1) is 0 Å². The monoisotopic (exact) mass is 291 g/mol. The third-order valence-electron chi connectivity index (χ3n) is 1.64. The molecular weight excluding hydrogens is 284 g/mol. The maximum atomic E-state index is 13.3. The van der Waals surface area contributed by atoms with Crippen LogP contribution in [-0.4, -0.2) is 12.5 Å². The summed E-state index contributed by atoms with van der Waals surface area (Å²) < 4.78 is 14.0. The van der Waals surface area contributed by atoms with E-state index in [4.69, 9.17) is 11.6 Å². The van der Waals surface area contributed by atoms with Gasteiger partial charge in [0.1, 0.15) is 0 Å². The van der Waals surface area contributed by atoms with Crippen LogP contribution in [0.5, 0.6) is 0 Å². The SMILES string of the molecule is C=C(Br)CNC(=O)c1cccc(Cl)c1F. The number of carbonyl (C=O) groups is 1. The van der Waals surface area contributed by atoms with Crippen LogP contribution in [-0.2, 0) is 0 Å². The van der Waals surface area contributed by atoms with Crippen molar-refractivity contribution in [3.8, 4) is 0 Å². The van der Waals surface area contributed by atoms with E-state index in [1.807, 2.05) is 0 Å². The van der Waals surface area contributed by atoms with E-state index in [0.29, 0.717) is 4.48 Å². The van der Waals surface area contributed by atoms with Crippen molar-refractivity contribution in [2.24, 2.45) is 0 Å². The summed E-state index contributed by atoms with van der Waals surface area (Å²) in [5.41, 5.74) is -0.0729. The first-order valence-corrected chi connectivity index (χ1v) is 5.25. The molecule has 0 aliphatic carbocycles. The lowest BCUT2D eigenvalue weighted by atomic mass is 10.2. The fourth-order valence-corrected chi connectivity index (χ4v) is 1.27. The lowest BCUT2D eigenvalue weighted by molar-refractivity contribution is 0.0954. The van der Waals surface area contributed by atoms with Crippen LogP contribution in [0, 0.1) is 5.82 Å². The lowest BCUT2D eigenvalue weighted by Crippen LogP contribution is -2.25. The van der Waals surface area contributed by atoms with E-state index in [-0.39, 0.29) is 17.1 Å². The molecule has 0 aliphatic heterocycles. The van der Waals surface area contributed by atoms with Crippen molar-refractivity contribution in [1.29, 1.82) is 0 Å². The molecular formula is C10H8BrClFNO. The van der Waals surface area contributed by atoms with Gasteiger partial charge in [0, 0.05) is 11.0 Å². The van der Waals surface area contributed by atoms with Crippen LogP contribution in [0.15, 0.2) is 29.3 Å². The van der Waals surface area contributed by atoms with Gasteiger partial charge < -0.3 is 5.32 Å². The van der Waals surface area contributed by atoms with Gasteiger partial charge in [-0.1, -0.05) is 40.2 Å². The number of benzene rings is 1. The van der Waals surface area contributed by atoms with Crippen molar-refractivity contribution >= 4 is 33.4 Å². The number of hydrogen-bond acceptors (Lipinski definition) is 1. The molecule has 1 N–H and O–H groups in total. The average Bonchev–Trinajstić information content (AvgIpc) is 2.18. The predicted molar refractivity (Wildman–Crippen MR) is 61.8 cm³/mol. The van der Waals surface area contributed by atoms with Gasteiger partial charge in [-0.2, -0.15) is 0 Å². The summed E-state index contributed by atoms with van der Waals surface area (Å²) in [6, 6.07) is 4.27. The van der Waals surface area contributed by atoms with Gasteiger partial charge in [0.05, 0.1) is 10.6 Å². The number of nitrogens with one attached hydrogen (secondary N) is 1. The van der Waals surface area contributed by atoms with E-state index in [2.05, 4.69) is 27.8 Å². The summed E-state index contributed by atoms with van der Waals surface area (Å²) in [5.74, 6) is -1.23. The predicted octanol–water partition coefficient (Wildman–Crippen LogP) is 3.12. The zero-order valence-corrected chi connectivity index (χ0v) is 10.0. The normalized spacial score (nSPS) is 9.80. The first kappa shape index (κ1) is 12.2. The molecule has 0 aliphatic rings. The second kappa shape index (κ2) is 5.28. The Hall–Kier alpha value is -0.870. The Morgan fingerprint density at radius 1 is 1.60 bits per heavy atom. The first-order chi connectivity index (χ1) is 7.02. The number of halogens is 3. The smallest absolute Gasteiger partial charge is 0.254 e. The zero-order chi connectivity index (χ0) is 11.4. The van der Waals surface area contributed by atoms with Gasteiger partial charge in [0.2, 0.25) is 0 Å². The summed E-state index contributed by atoms with van der Waals surface area (Å²) in [6.45, 7) is 3.78. The molecule has 2 nitrogen and oxygen atoms in total. The molecule has 0 heterocycles. The molecule has 0 saturated heterocycles. The quantitative estimate of drug-likeness (QED) is 0.911. The first-order valence-electron chi connectivity index (χ1n) is 4.08. The van der Waals surface area contributed by atoms with Crippen LogP contribution >= 0.6 is 27.5 Å². The van der Waals surface area contributed by atoms with Gasteiger partial charge in [-0.3, -0.25) is 4.79 Å². The van der Waals surface area contributed by atoms with Crippen LogP contribution in [0.1, 0.15) is 10.4 Å². The molecule has 0 unspecified atom stereocenters. The van der Waals surface area contributed by atoms with Crippen molar-refractivity contribution in [2.45, 2.75) is 0 Å². The van der Waals surface area contributed by atoms with E-state index < -0.39 is 11.7 Å². The topological polar surface area (TPSA) is 29.1 Å². The Labute approximate surface area is 100 Å². The van der Waals surface area contributed by atoms with Crippen LogP contribution in [0.3, 0.4) is 0 Å². The van der Waals surface area contributed by atoms with Crippen molar-refractivity contribution in [3.05, 3.63) is 45.7 Å². The maximum absolute atomic E-state index is 13.3. The molecule has 1 aromatic rings. The second-order valence-electron chi connectivity index (χ2n) is 2.80. The highest BCUT2D eigenvalue weighted by molar-refractivity contribution is 9.11. The largest absolute Gasteiger partial charge is 0.347 e. The van der Waals surface area contributed by atoms with E-state index in [1.54, 1.807) is 0 Å². The average molecular weight is 293 g/mol. The number of hydrogen-bond donors (Lipinski definition) is 1. The zero-order valence-electron chi connectivity index (χ0n) is 7.69. The highest BCUT2D eigenvalue weighted by atomic mass is 79.9. The number of amides is 1. The molecule has 1 aromatic carbocycles. The molecule has 0 aromatic heterocycles. The standard InChI is InChI=1S/C10H8BrClFNO/c1-6(11)5-14-10(15)7-3-2-4-8(12)9(7)13/h2-4H,1,5H2,(H,14,15). The van der Waals surface area contributed by atoms with E-state index >= 15 is 0 Å². The summed E-state index contributed by atoms with van der Waals surface area (Å²) in [7, 11) is 0. The van der Waals surface area contributed by atoms with Gasteiger partial charge in [0.25, 0.3) is 5.91 Å². The second-order valence-corrected chi connectivity index (χ2v) is 4.33. The summed E-state index contributed by atoms with van der Waals surface area (Å²) >= 11 is 8.62. The molecule has 0 atom stereocenters. The molecule has 0 spiro atoms. The van der Waals surface area contributed by atoms with E-state index in [0.717, 1.165) is 0 Å². The summed E-state index contributed by atoms with van der Waals surface area (Å²) in [4.78, 5) is 11.5. The van der Waals surface area contributed by atoms with Crippen LogP contribution in [0.4, 0.5) is 4.39 Å². The van der Waals surface area contributed by atoms with Crippen molar-refractivity contribution in [1.82, 2.24) is 5.32 Å². The molecule has 0 saturated carbocycles. The van der Waals surface area contributed by atoms with E-state index in [9.17, 15) is 9.18 Å². The molecule has 1 rings (SSSR count). The van der Waals surface area contributed by atoms with Crippen LogP contribution in [0.25, 0.3) is 0 Å². The minimum absolute atomic E-state index is 0.0691. The third kappa shape index (κ3) is 3.32. The van der Waals surface area contributed by atoms with Gasteiger partial charge in [-0.25, -0.2) is 4.39 Å². The molecule has 80 valence electrons. The fraction of sp³-hybridized carbons (Fsp3) is 0.100. The highest BCUT2D eigenvalue weighted by Crippen LogP contribution is 2.17. The fourth-order valence-electron chi connectivity index (χ4n) is 0.951.